The molecular weight excluding hydrogens is 151 g/mol. The summed E-state index contributed by atoms with van der Waals surface area (Å²) >= 11 is 2.00. The van der Waals surface area contributed by atoms with Crippen molar-refractivity contribution < 1.29 is 9.46 Å². The third-order valence-electron chi connectivity index (χ3n) is 0.461. The predicted molar refractivity (Wildman–Crippen MR) is 36.9 cm³/mol. The van der Waals surface area contributed by atoms with Gasteiger partial charge in [-0.25, -0.2) is 0 Å². The first-order chi connectivity index (χ1) is 3.12. The summed E-state index contributed by atoms with van der Waals surface area (Å²) < 4.78 is 10.4. The van der Waals surface area contributed by atoms with Crippen LogP contribution in [0.1, 0.15) is 0 Å². The molecule has 0 aliphatic rings. The van der Waals surface area contributed by atoms with Gasteiger partial charge in [-0.15, -0.1) is 0 Å². The summed E-state index contributed by atoms with van der Waals surface area (Å²) in [6, 6.07) is 0. The van der Waals surface area contributed by atoms with E-state index >= 15 is 0 Å². The standard InChI is InChI=1S/C2H7O2PS2/c1-6-5(3,4)7-2/h1-2H3,(H,3,4). The van der Waals surface area contributed by atoms with Gasteiger partial charge in [-0.3, -0.25) is 4.57 Å². The lowest BCUT2D eigenvalue weighted by molar-refractivity contribution is 0.514. The molecule has 2 nitrogen and oxygen atoms in total. The van der Waals surface area contributed by atoms with Crippen molar-refractivity contribution >= 4 is 28.5 Å². The Bertz CT molecular complexity index is 85.7. The molecule has 0 heterocycles. The molecule has 0 atom stereocenters. The van der Waals surface area contributed by atoms with Gasteiger partial charge in [-0.2, -0.15) is 0 Å². The highest BCUT2D eigenvalue weighted by Gasteiger charge is 2.11. The highest BCUT2D eigenvalue weighted by molar-refractivity contribution is 8.88. The van der Waals surface area contributed by atoms with Crippen molar-refractivity contribution in [2.75, 3.05) is 12.5 Å². The van der Waals surface area contributed by atoms with E-state index < -0.39 is 5.77 Å². The molecule has 0 fully saturated rings. The molecule has 7 heavy (non-hydrogen) atoms. The summed E-state index contributed by atoms with van der Waals surface area (Å²) in [6.07, 6.45) is 3.24. The Morgan fingerprint density at radius 1 is 1.43 bits per heavy atom. The average molecular weight is 158 g/mol. The molecule has 0 spiro atoms. The first-order valence-corrected chi connectivity index (χ1v) is 6.88. The van der Waals surface area contributed by atoms with Gasteiger partial charge < -0.3 is 4.89 Å². The summed E-state index contributed by atoms with van der Waals surface area (Å²) in [5, 5.41) is 0. The van der Waals surface area contributed by atoms with Crippen LogP contribution in [0.3, 0.4) is 0 Å². The fourth-order valence-corrected chi connectivity index (χ4v) is 2.01. The maximum atomic E-state index is 10.4. The van der Waals surface area contributed by atoms with Crippen molar-refractivity contribution in [1.82, 2.24) is 0 Å². The summed E-state index contributed by atoms with van der Waals surface area (Å²) in [5.74, 6) is -2.82. The number of hydrogen-bond acceptors (Lipinski definition) is 3. The van der Waals surface area contributed by atoms with Gasteiger partial charge in [-0.1, -0.05) is 22.8 Å². The molecule has 0 radical (unpaired) electrons. The molecule has 0 unspecified atom stereocenters. The predicted octanol–water partition coefficient (Wildman–Crippen LogP) is 1.81. The molecule has 0 aromatic rings. The minimum absolute atomic E-state index is 1.00. The van der Waals surface area contributed by atoms with E-state index in [1.54, 1.807) is 12.5 Å². The van der Waals surface area contributed by atoms with Crippen LogP contribution < -0.4 is 0 Å². The zero-order valence-electron chi connectivity index (χ0n) is 4.12. The number of rotatable bonds is 2. The first kappa shape index (κ1) is 7.89. The Labute approximate surface area is 51.0 Å². The minimum atomic E-state index is -2.82. The topological polar surface area (TPSA) is 37.3 Å². The highest BCUT2D eigenvalue weighted by atomic mass is 33.1. The van der Waals surface area contributed by atoms with Crippen LogP contribution in [-0.2, 0) is 4.57 Å². The summed E-state index contributed by atoms with van der Waals surface area (Å²) in [7, 11) is 0. The second-order valence-electron chi connectivity index (χ2n) is 0.834. The maximum absolute atomic E-state index is 10.4. The smallest absolute Gasteiger partial charge is 0.310 e. The lowest BCUT2D eigenvalue weighted by Gasteiger charge is -1.99. The lowest BCUT2D eigenvalue weighted by Crippen LogP contribution is -1.58. The van der Waals surface area contributed by atoms with Gasteiger partial charge >= 0.3 is 5.77 Å². The summed E-state index contributed by atoms with van der Waals surface area (Å²) in [4.78, 5) is 8.61. The Hall–Kier alpha value is 0.890. The third kappa shape index (κ3) is 3.47. The molecule has 0 bridgehead atoms. The quantitative estimate of drug-likeness (QED) is 0.622. The Kier molecular flexibility index (Phi) is 3.41. The summed E-state index contributed by atoms with van der Waals surface area (Å²) in [6.45, 7) is 0. The minimum Gasteiger partial charge on any atom is -0.329 e. The lowest BCUT2D eigenvalue weighted by atomic mass is 12.0. The molecule has 0 aromatic heterocycles. The van der Waals surface area contributed by atoms with Crippen LogP contribution >= 0.6 is 28.5 Å². The molecule has 5 heteroatoms. The SMILES string of the molecule is CSP(=O)(O)SC. The van der Waals surface area contributed by atoms with Crippen LogP contribution in [0.15, 0.2) is 0 Å². The molecule has 0 rings (SSSR count). The Morgan fingerprint density at radius 2 is 1.71 bits per heavy atom. The zero-order chi connectivity index (χ0) is 5.91. The van der Waals surface area contributed by atoms with Crippen molar-refractivity contribution in [3.8, 4) is 0 Å². The largest absolute Gasteiger partial charge is 0.329 e. The molecule has 0 aromatic carbocycles. The fraction of sp³-hybridized carbons (Fsp3) is 1.00. The first-order valence-electron chi connectivity index (χ1n) is 1.56. The molecule has 0 saturated carbocycles. The average Bonchev–Trinajstić information content (AvgIpc) is 1.68. The second kappa shape index (κ2) is 3.02. The Morgan fingerprint density at radius 3 is 1.71 bits per heavy atom. The summed E-state index contributed by atoms with van der Waals surface area (Å²) in [5.41, 5.74) is 0. The van der Waals surface area contributed by atoms with E-state index in [1.807, 2.05) is 0 Å². The van der Waals surface area contributed by atoms with Crippen molar-refractivity contribution in [3.63, 3.8) is 0 Å². The molecule has 44 valence electrons. The van der Waals surface area contributed by atoms with E-state index in [1.165, 1.54) is 0 Å². The molecule has 0 amide bonds. The van der Waals surface area contributed by atoms with E-state index in [-0.39, 0.29) is 0 Å². The zero-order valence-corrected chi connectivity index (χ0v) is 6.65. The molecule has 1 N–H and O–H groups in total. The van der Waals surface area contributed by atoms with Crippen LogP contribution in [0.5, 0.6) is 0 Å². The van der Waals surface area contributed by atoms with E-state index in [0.717, 1.165) is 22.8 Å². The van der Waals surface area contributed by atoms with Gasteiger partial charge in [0, 0.05) is 0 Å². The van der Waals surface area contributed by atoms with E-state index in [2.05, 4.69) is 0 Å². The fourth-order valence-electron chi connectivity index (χ4n) is 0.0745. The number of hydrogen-bond donors (Lipinski definition) is 1. The maximum Gasteiger partial charge on any atom is 0.310 e. The van der Waals surface area contributed by atoms with Gasteiger partial charge in [-0.05, 0) is 12.5 Å². The van der Waals surface area contributed by atoms with Crippen LogP contribution in [0.25, 0.3) is 0 Å². The van der Waals surface area contributed by atoms with Gasteiger partial charge in [0.25, 0.3) is 0 Å². The van der Waals surface area contributed by atoms with Crippen molar-refractivity contribution in [3.05, 3.63) is 0 Å². The van der Waals surface area contributed by atoms with E-state index in [4.69, 9.17) is 4.89 Å². The van der Waals surface area contributed by atoms with Crippen LogP contribution in [-0.4, -0.2) is 17.4 Å². The van der Waals surface area contributed by atoms with Crippen molar-refractivity contribution in [2.24, 2.45) is 0 Å². The molecule has 0 aliphatic heterocycles. The van der Waals surface area contributed by atoms with E-state index in [9.17, 15) is 4.57 Å². The molecular formula is C2H7O2PS2. The normalized spacial score (nSPS) is 11.9. The molecule has 0 aliphatic carbocycles. The third-order valence-corrected chi connectivity index (χ3v) is 6.84. The van der Waals surface area contributed by atoms with E-state index in [0.29, 0.717) is 0 Å². The van der Waals surface area contributed by atoms with Gasteiger partial charge in [0.1, 0.15) is 0 Å². The van der Waals surface area contributed by atoms with Crippen LogP contribution in [0.4, 0.5) is 0 Å². The van der Waals surface area contributed by atoms with Gasteiger partial charge in [0.2, 0.25) is 0 Å². The van der Waals surface area contributed by atoms with Crippen molar-refractivity contribution in [2.45, 2.75) is 0 Å². The highest BCUT2D eigenvalue weighted by Crippen LogP contribution is 2.62. The van der Waals surface area contributed by atoms with Gasteiger partial charge in [0.15, 0.2) is 0 Å². The second-order valence-corrected chi connectivity index (χ2v) is 8.36. The van der Waals surface area contributed by atoms with Gasteiger partial charge in [0.05, 0.1) is 0 Å². The van der Waals surface area contributed by atoms with Crippen LogP contribution in [0, 0.1) is 0 Å². The van der Waals surface area contributed by atoms with Crippen molar-refractivity contribution in [1.29, 1.82) is 0 Å². The monoisotopic (exact) mass is 158 g/mol. The Balaban J connectivity index is 3.61. The molecule has 0 saturated heterocycles. The van der Waals surface area contributed by atoms with Crippen LogP contribution in [0.2, 0.25) is 0 Å².